The fourth-order valence-electron chi connectivity index (χ4n) is 3.75. The second-order valence-corrected chi connectivity index (χ2v) is 8.84. The van der Waals surface area contributed by atoms with Crippen molar-refractivity contribution in [3.05, 3.63) is 53.5 Å². The lowest BCUT2D eigenvalue weighted by molar-refractivity contribution is 0.262. The van der Waals surface area contributed by atoms with E-state index in [-0.39, 0.29) is 10.7 Å². The molecule has 33 heavy (non-hydrogen) atoms. The smallest absolute Gasteiger partial charge is 0.324 e. The van der Waals surface area contributed by atoms with E-state index in [1.54, 1.807) is 6.07 Å². The van der Waals surface area contributed by atoms with E-state index in [9.17, 15) is 13.6 Å². The van der Waals surface area contributed by atoms with E-state index in [4.69, 9.17) is 0 Å². The van der Waals surface area contributed by atoms with Crippen LogP contribution in [0, 0.1) is 10.9 Å². The molecule has 8 nitrogen and oxygen atoms in total. The molecular weight excluding hydrogens is 448 g/mol. The molecule has 0 radical (unpaired) electrons. The molecule has 0 unspecified atom stereocenters. The van der Waals surface area contributed by atoms with Crippen molar-refractivity contribution in [1.29, 1.82) is 0 Å². The zero-order valence-corrected chi connectivity index (χ0v) is 18.5. The molecule has 11 heteroatoms. The van der Waals surface area contributed by atoms with Crippen LogP contribution in [0.3, 0.4) is 0 Å². The lowest BCUT2D eigenvalue weighted by Crippen LogP contribution is -2.44. The fourth-order valence-corrected chi connectivity index (χ4v) is 4.49. The molecule has 1 aliphatic heterocycles. The molecule has 0 atom stereocenters. The Morgan fingerprint density at radius 2 is 1.85 bits per heavy atom. The zero-order chi connectivity index (χ0) is 22.9. The van der Waals surface area contributed by atoms with Crippen LogP contribution < -0.4 is 15.5 Å². The van der Waals surface area contributed by atoms with Crippen molar-refractivity contribution >= 4 is 45.6 Å². The van der Waals surface area contributed by atoms with Crippen molar-refractivity contribution in [2.24, 2.45) is 0 Å². The van der Waals surface area contributed by atoms with Crippen molar-refractivity contribution < 1.29 is 13.6 Å². The van der Waals surface area contributed by atoms with Gasteiger partial charge in [0.1, 0.15) is 5.82 Å². The van der Waals surface area contributed by atoms with Crippen LogP contribution in [-0.2, 0) is 0 Å². The molecule has 5 rings (SSSR count). The van der Waals surface area contributed by atoms with E-state index in [0.29, 0.717) is 33.6 Å². The Bertz CT molecular complexity index is 1300. The summed E-state index contributed by atoms with van der Waals surface area (Å²) in [4.78, 5) is 21.5. The van der Waals surface area contributed by atoms with E-state index >= 15 is 0 Å². The number of carbonyl (C=O) groups excluding carboxylic acids is 1. The number of urea groups is 1. The summed E-state index contributed by atoms with van der Waals surface area (Å²) in [6, 6.07) is 9.63. The van der Waals surface area contributed by atoms with Crippen LogP contribution in [-0.4, -0.2) is 59.3 Å². The van der Waals surface area contributed by atoms with Gasteiger partial charge in [-0.1, -0.05) is 0 Å². The number of carbonyl (C=O) groups is 1. The summed E-state index contributed by atoms with van der Waals surface area (Å²) in [6.07, 6.45) is 1.43. The summed E-state index contributed by atoms with van der Waals surface area (Å²) in [7, 11) is 2.11. The summed E-state index contributed by atoms with van der Waals surface area (Å²) in [5.74, 6) is -0.419. The minimum absolute atomic E-state index is 0.138. The van der Waals surface area contributed by atoms with Gasteiger partial charge in [-0.05, 0) is 37.4 Å². The van der Waals surface area contributed by atoms with Crippen molar-refractivity contribution in [2.75, 3.05) is 48.8 Å². The summed E-state index contributed by atoms with van der Waals surface area (Å²) in [5, 5.41) is 12.1. The lowest BCUT2D eigenvalue weighted by atomic mass is 10.2. The first-order chi connectivity index (χ1) is 16.0. The van der Waals surface area contributed by atoms with Gasteiger partial charge in [0.05, 0.1) is 10.3 Å². The highest BCUT2D eigenvalue weighted by Gasteiger charge is 2.17. The molecule has 3 aromatic heterocycles. The van der Waals surface area contributed by atoms with Crippen molar-refractivity contribution in [1.82, 2.24) is 20.1 Å². The molecule has 0 saturated carbocycles. The minimum Gasteiger partial charge on any atom is -0.369 e. The van der Waals surface area contributed by atoms with Crippen molar-refractivity contribution in [3.8, 4) is 10.4 Å². The van der Waals surface area contributed by atoms with Crippen LogP contribution in [0.5, 0.6) is 0 Å². The first-order valence-corrected chi connectivity index (χ1v) is 11.2. The van der Waals surface area contributed by atoms with Crippen LogP contribution in [0.15, 0.2) is 42.6 Å². The second-order valence-electron chi connectivity index (χ2n) is 7.84. The van der Waals surface area contributed by atoms with Gasteiger partial charge in [-0.15, -0.1) is 11.3 Å². The Hall–Kier alpha value is -3.57. The number of aromatic nitrogens is 3. The SMILES string of the molecule is CN1CCN(c2ccc(NC(=O)Nc3n[nH]c4ncc(-c5sc(F)cc5F)cc34)cc2)CC1. The highest BCUT2D eigenvalue weighted by Crippen LogP contribution is 2.33. The Kier molecular flexibility index (Phi) is 5.65. The van der Waals surface area contributed by atoms with Crippen molar-refractivity contribution in [3.63, 3.8) is 0 Å². The predicted molar refractivity (Wildman–Crippen MR) is 126 cm³/mol. The molecule has 3 N–H and O–H groups in total. The van der Waals surface area contributed by atoms with E-state index in [0.717, 1.165) is 37.9 Å². The second kappa shape index (κ2) is 8.75. The van der Waals surface area contributed by atoms with Crippen LogP contribution in [0.4, 0.5) is 30.8 Å². The molecule has 1 fully saturated rings. The van der Waals surface area contributed by atoms with Gasteiger partial charge < -0.3 is 15.1 Å². The number of piperazine rings is 1. The summed E-state index contributed by atoms with van der Waals surface area (Å²) in [5.41, 5.74) is 2.57. The van der Waals surface area contributed by atoms with Crippen LogP contribution >= 0.6 is 11.3 Å². The average Bonchev–Trinajstić information content (AvgIpc) is 3.36. The third-order valence-electron chi connectivity index (χ3n) is 5.56. The normalized spacial score (nSPS) is 14.6. The number of rotatable bonds is 4. The van der Waals surface area contributed by atoms with Crippen LogP contribution in [0.25, 0.3) is 21.5 Å². The van der Waals surface area contributed by atoms with Gasteiger partial charge in [-0.25, -0.2) is 14.2 Å². The summed E-state index contributed by atoms with van der Waals surface area (Å²) in [6.45, 7) is 3.97. The monoisotopic (exact) mass is 469 g/mol. The third-order valence-corrected chi connectivity index (χ3v) is 6.51. The van der Waals surface area contributed by atoms with E-state index in [1.807, 2.05) is 24.3 Å². The molecule has 2 amide bonds. The number of likely N-dealkylation sites (N-methyl/N-ethyl adjacent to an activating group) is 1. The Balaban J connectivity index is 1.28. The summed E-state index contributed by atoms with van der Waals surface area (Å²) >= 11 is 0.694. The average molecular weight is 470 g/mol. The first kappa shape index (κ1) is 21.3. The number of H-pyrrole nitrogens is 1. The highest BCUT2D eigenvalue weighted by molar-refractivity contribution is 7.13. The maximum absolute atomic E-state index is 14.0. The number of hydrogen-bond donors (Lipinski definition) is 3. The minimum atomic E-state index is -0.658. The molecule has 0 bridgehead atoms. The molecule has 0 aliphatic carbocycles. The van der Waals surface area contributed by atoms with Crippen molar-refractivity contribution in [2.45, 2.75) is 0 Å². The number of fused-ring (bicyclic) bond motifs is 1. The lowest BCUT2D eigenvalue weighted by Gasteiger charge is -2.34. The predicted octanol–water partition coefficient (Wildman–Crippen LogP) is 4.36. The van der Waals surface area contributed by atoms with Gasteiger partial charge in [-0.3, -0.25) is 10.4 Å². The topological polar surface area (TPSA) is 89.2 Å². The molecule has 170 valence electrons. The zero-order valence-electron chi connectivity index (χ0n) is 17.7. The molecule has 1 aliphatic rings. The Morgan fingerprint density at radius 3 is 2.55 bits per heavy atom. The largest absolute Gasteiger partial charge is 0.369 e. The van der Waals surface area contributed by atoms with E-state index < -0.39 is 17.0 Å². The van der Waals surface area contributed by atoms with Crippen LogP contribution in [0.1, 0.15) is 0 Å². The van der Waals surface area contributed by atoms with E-state index in [2.05, 4.69) is 42.7 Å². The fraction of sp³-hybridized carbons (Fsp3) is 0.227. The number of nitrogens with zero attached hydrogens (tertiary/aromatic N) is 4. The number of anilines is 3. The number of benzene rings is 1. The summed E-state index contributed by atoms with van der Waals surface area (Å²) < 4.78 is 27.4. The van der Waals surface area contributed by atoms with Gasteiger partial charge in [0.25, 0.3) is 0 Å². The maximum atomic E-state index is 14.0. The Morgan fingerprint density at radius 1 is 1.09 bits per heavy atom. The third kappa shape index (κ3) is 4.50. The molecule has 4 aromatic rings. The molecular formula is C22H21F2N7OS. The highest BCUT2D eigenvalue weighted by atomic mass is 32.1. The number of thiophene rings is 1. The number of amides is 2. The molecule has 4 heterocycles. The number of nitrogens with one attached hydrogen (secondary N) is 3. The molecule has 1 saturated heterocycles. The maximum Gasteiger partial charge on any atom is 0.324 e. The van der Waals surface area contributed by atoms with Crippen LogP contribution in [0.2, 0.25) is 0 Å². The number of pyridine rings is 1. The van der Waals surface area contributed by atoms with E-state index in [1.165, 1.54) is 6.20 Å². The standard InChI is InChI=1S/C22H21F2N7OS/c1-30-6-8-31(9-7-30)15-4-2-14(3-5-15)26-22(32)27-21-16-10-13(12-25-20(16)28-29-21)19-17(23)11-18(24)33-19/h2-5,10-12H,6-9H2,1H3,(H3,25,26,27,28,29,32). The van der Waals surface area contributed by atoms with Gasteiger partial charge in [0, 0.05) is 55.4 Å². The first-order valence-electron chi connectivity index (χ1n) is 10.4. The molecule has 0 spiro atoms. The van der Waals surface area contributed by atoms with Gasteiger partial charge in [0.15, 0.2) is 16.6 Å². The quantitative estimate of drug-likeness (QED) is 0.413. The molecule has 1 aromatic carbocycles. The van der Waals surface area contributed by atoms with Gasteiger partial charge in [-0.2, -0.15) is 9.49 Å². The Labute approximate surface area is 192 Å². The number of aromatic amines is 1. The number of halogens is 2. The van der Waals surface area contributed by atoms with Gasteiger partial charge >= 0.3 is 6.03 Å². The number of hydrogen-bond acceptors (Lipinski definition) is 6. The van der Waals surface area contributed by atoms with Gasteiger partial charge in [0.2, 0.25) is 0 Å².